The van der Waals surface area contributed by atoms with Gasteiger partial charge in [-0.2, -0.15) is 0 Å². The van der Waals surface area contributed by atoms with Crippen LogP contribution >= 0.6 is 0 Å². The molecular weight excluding hydrogens is 222 g/mol. The maximum Gasteiger partial charge on any atom is 0.305 e. The quantitative estimate of drug-likeness (QED) is 0.589. The first-order valence-electron chi connectivity index (χ1n) is 4.00. The van der Waals surface area contributed by atoms with Gasteiger partial charge < -0.3 is 5.11 Å². The zero-order chi connectivity index (χ0) is 11.5. The van der Waals surface area contributed by atoms with E-state index in [0.717, 1.165) is 0 Å². The van der Waals surface area contributed by atoms with Gasteiger partial charge in [-0.15, -0.1) is 0 Å². The SMILES string of the molecule is O=[N+]([O-])CS(=O)(=O)c1ccc(CO)cc1. The third-order valence-electron chi connectivity index (χ3n) is 1.74. The smallest absolute Gasteiger partial charge is 0.305 e. The Bertz CT molecular complexity index is 450. The number of nitro groups is 1. The number of rotatable bonds is 4. The van der Waals surface area contributed by atoms with E-state index in [9.17, 15) is 18.5 Å². The third kappa shape index (κ3) is 3.00. The summed E-state index contributed by atoms with van der Waals surface area (Å²) in [6.45, 7) is -0.199. The average Bonchev–Trinajstić information content (AvgIpc) is 2.16. The zero-order valence-electron chi connectivity index (χ0n) is 7.66. The van der Waals surface area contributed by atoms with Gasteiger partial charge in [0, 0.05) is 4.92 Å². The van der Waals surface area contributed by atoms with Crippen LogP contribution in [-0.4, -0.2) is 24.3 Å². The molecule has 1 rings (SSSR count). The first-order valence-corrected chi connectivity index (χ1v) is 5.65. The second kappa shape index (κ2) is 4.37. The predicted molar refractivity (Wildman–Crippen MR) is 51.4 cm³/mol. The molecule has 6 nitrogen and oxygen atoms in total. The molecule has 0 radical (unpaired) electrons. The van der Waals surface area contributed by atoms with Crippen molar-refractivity contribution in [2.24, 2.45) is 0 Å². The molecule has 0 aliphatic heterocycles. The van der Waals surface area contributed by atoms with Gasteiger partial charge in [-0.25, -0.2) is 8.42 Å². The number of aliphatic hydroxyl groups excluding tert-OH is 1. The Morgan fingerprint density at radius 2 is 1.80 bits per heavy atom. The van der Waals surface area contributed by atoms with E-state index in [1.54, 1.807) is 0 Å². The summed E-state index contributed by atoms with van der Waals surface area (Å²) >= 11 is 0. The molecule has 7 heteroatoms. The third-order valence-corrected chi connectivity index (χ3v) is 3.28. The van der Waals surface area contributed by atoms with Crippen LogP contribution in [0.4, 0.5) is 0 Å². The number of nitrogens with zero attached hydrogens (tertiary/aromatic N) is 1. The normalized spacial score (nSPS) is 11.3. The molecule has 0 bridgehead atoms. The van der Waals surface area contributed by atoms with Gasteiger partial charge in [-0.05, 0) is 17.7 Å². The molecule has 0 atom stereocenters. The van der Waals surface area contributed by atoms with Gasteiger partial charge in [0.05, 0.1) is 11.5 Å². The van der Waals surface area contributed by atoms with Crippen LogP contribution in [-0.2, 0) is 16.4 Å². The minimum atomic E-state index is -3.87. The Hall–Kier alpha value is -1.47. The van der Waals surface area contributed by atoms with Crippen molar-refractivity contribution in [3.8, 4) is 0 Å². The van der Waals surface area contributed by atoms with Gasteiger partial charge in [0.1, 0.15) is 0 Å². The van der Waals surface area contributed by atoms with Crippen molar-refractivity contribution in [1.82, 2.24) is 0 Å². The van der Waals surface area contributed by atoms with Gasteiger partial charge in [0.15, 0.2) is 0 Å². The fourth-order valence-corrected chi connectivity index (χ4v) is 1.99. The molecule has 0 saturated carbocycles. The summed E-state index contributed by atoms with van der Waals surface area (Å²) in [5, 5.41) is 18.8. The van der Waals surface area contributed by atoms with Crippen molar-refractivity contribution < 1.29 is 18.4 Å². The van der Waals surface area contributed by atoms with Crippen molar-refractivity contribution >= 4 is 9.84 Å². The largest absolute Gasteiger partial charge is 0.392 e. The molecule has 15 heavy (non-hydrogen) atoms. The average molecular weight is 231 g/mol. The van der Waals surface area contributed by atoms with E-state index in [-0.39, 0.29) is 11.5 Å². The Kier molecular flexibility index (Phi) is 3.38. The van der Waals surface area contributed by atoms with Crippen LogP contribution in [0.25, 0.3) is 0 Å². The fraction of sp³-hybridized carbons (Fsp3) is 0.250. The molecule has 0 aliphatic rings. The van der Waals surface area contributed by atoms with Gasteiger partial charge in [0.2, 0.25) is 9.84 Å². The second-order valence-corrected chi connectivity index (χ2v) is 4.84. The molecule has 0 fully saturated rings. The van der Waals surface area contributed by atoms with Crippen molar-refractivity contribution in [1.29, 1.82) is 0 Å². The summed E-state index contributed by atoms with van der Waals surface area (Å²) in [6, 6.07) is 5.30. The summed E-state index contributed by atoms with van der Waals surface area (Å²) in [7, 11) is -3.87. The maximum atomic E-state index is 11.3. The molecular formula is C8H9NO5S. The van der Waals surface area contributed by atoms with E-state index in [0.29, 0.717) is 5.56 Å². The fourth-order valence-electron chi connectivity index (χ4n) is 1.02. The van der Waals surface area contributed by atoms with Crippen molar-refractivity contribution in [3.63, 3.8) is 0 Å². The Balaban J connectivity index is 3.01. The summed E-state index contributed by atoms with van der Waals surface area (Å²) in [4.78, 5) is 9.09. The van der Waals surface area contributed by atoms with Crippen LogP contribution in [0.2, 0.25) is 0 Å². The molecule has 1 aromatic rings. The molecule has 0 aliphatic carbocycles. The molecule has 0 aromatic heterocycles. The lowest BCUT2D eigenvalue weighted by Crippen LogP contribution is -2.14. The Labute approximate surface area is 86.2 Å². The first kappa shape index (κ1) is 11.6. The number of aliphatic hydroxyl groups is 1. The lowest BCUT2D eigenvalue weighted by molar-refractivity contribution is -0.458. The summed E-state index contributed by atoms with van der Waals surface area (Å²) in [5.74, 6) is -1.12. The van der Waals surface area contributed by atoms with Crippen LogP contribution in [0.3, 0.4) is 0 Å². The highest BCUT2D eigenvalue weighted by Crippen LogP contribution is 2.12. The molecule has 0 amide bonds. The standard InChI is InChI=1S/C8H9NO5S/c10-5-7-1-3-8(4-2-7)15(13,14)6-9(11)12/h1-4,10H,5-6H2. The van der Waals surface area contributed by atoms with Gasteiger partial charge in [-0.1, -0.05) is 12.1 Å². The van der Waals surface area contributed by atoms with Gasteiger partial charge in [-0.3, -0.25) is 10.1 Å². The molecule has 82 valence electrons. The molecule has 1 aromatic carbocycles. The van der Waals surface area contributed by atoms with E-state index in [1.165, 1.54) is 24.3 Å². The number of sulfone groups is 1. The lowest BCUT2D eigenvalue weighted by atomic mass is 10.2. The Morgan fingerprint density at radius 3 is 2.20 bits per heavy atom. The topological polar surface area (TPSA) is 97.5 Å². The highest BCUT2D eigenvalue weighted by atomic mass is 32.2. The molecule has 0 heterocycles. The Morgan fingerprint density at radius 1 is 1.27 bits per heavy atom. The van der Waals surface area contributed by atoms with Crippen LogP contribution in [0, 0.1) is 10.1 Å². The van der Waals surface area contributed by atoms with E-state index >= 15 is 0 Å². The number of hydrogen-bond donors (Lipinski definition) is 1. The summed E-state index contributed by atoms with van der Waals surface area (Å²) in [5.41, 5.74) is 0.551. The maximum absolute atomic E-state index is 11.3. The minimum absolute atomic E-state index is 0.114. The van der Waals surface area contributed by atoms with Crippen molar-refractivity contribution in [2.75, 3.05) is 5.88 Å². The minimum Gasteiger partial charge on any atom is -0.392 e. The van der Waals surface area contributed by atoms with Crippen molar-refractivity contribution in [2.45, 2.75) is 11.5 Å². The number of benzene rings is 1. The second-order valence-electron chi connectivity index (χ2n) is 2.88. The van der Waals surface area contributed by atoms with E-state index in [1.807, 2.05) is 0 Å². The lowest BCUT2D eigenvalue weighted by Gasteiger charge is -2.00. The molecule has 0 unspecified atom stereocenters. The van der Waals surface area contributed by atoms with Crippen LogP contribution in [0.15, 0.2) is 29.2 Å². The highest BCUT2D eigenvalue weighted by Gasteiger charge is 2.20. The zero-order valence-corrected chi connectivity index (χ0v) is 8.48. The van der Waals surface area contributed by atoms with Crippen LogP contribution < -0.4 is 0 Å². The van der Waals surface area contributed by atoms with Crippen LogP contribution in [0.5, 0.6) is 0 Å². The number of hydrogen-bond acceptors (Lipinski definition) is 5. The van der Waals surface area contributed by atoms with Crippen LogP contribution in [0.1, 0.15) is 5.56 Å². The van der Waals surface area contributed by atoms with Crippen molar-refractivity contribution in [3.05, 3.63) is 39.9 Å². The monoisotopic (exact) mass is 231 g/mol. The summed E-state index contributed by atoms with van der Waals surface area (Å²) < 4.78 is 22.7. The van der Waals surface area contributed by atoms with Gasteiger partial charge in [0.25, 0.3) is 0 Å². The van der Waals surface area contributed by atoms with E-state index < -0.39 is 20.6 Å². The molecule has 0 saturated heterocycles. The van der Waals surface area contributed by atoms with Gasteiger partial charge >= 0.3 is 5.88 Å². The van der Waals surface area contributed by atoms with E-state index in [4.69, 9.17) is 5.11 Å². The highest BCUT2D eigenvalue weighted by molar-refractivity contribution is 7.91. The summed E-state index contributed by atoms with van der Waals surface area (Å²) in [6.07, 6.45) is 0. The molecule has 1 N–H and O–H groups in total. The predicted octanol–water partition coefficient (Wildman–Crippen LogP) is 0.187. The van der Waals surface area contributed by atoms with E-state index in [2.05, 4.69) is 0 Å². The first-order chi connectivity index (χ1) is 6.95. The molecule has 0 spiro atoms.